The summed E-state index contributed by atoms with van der Waals surface area (Å²) in [7, 11) is 0. The van der Waals surface area contributed by atoms with Crippen molar-refractivity contribution in [3.05, 3.63) is 38.9 Å². The molecule has 2 saturated carbocycles. The normalized spacial score (nSPS) is 18.1. The number of hydrogen-bond donors (Lipinski definition) is 1. The van der Waals surface area contributed by atoms with Gasteiger partial charge in [-0.3, -0.25) is 14.9 Å². The molecular weight excluding hydrogens is 280 g/mol. The number of halogens is 1. The van der Waals surface area contributed by atoms with Crippen LogP contribution in [-0.2, 0) is 0 Å². The monoisotopic (exact) mass is 294 g/mol. The molecule has 0 aromatic heterocycles. The molecule has 106 valence electrons. The van der Waals surface area contributed by atoms with Crippen LogP contribution in [0.15, 0.2) is 18.2 Å². The fourth-order valence-electron chi connectivity index (χ4n) is 2.56. The van der Waals surface area contributed by atoms with Gasteiger partial charge in [-0.05, 0) is 43.6 Å². The Labute approximate surface area is 121 Å². The number of benzene rings is 1. The van der Waals surface area contributed by atoms with Crippen molar-refractivity contribution < 1.29 is 9.72 Å². The predicted octanol–water partition coefficient (Wildman–Crippen LogP) is 3.17. The van der Waals surface area contributed by atoms with Crippen molar-refractivity contribution in [1.29, 1.82) is 0 Å². The summed E-state index contributed by atoms with van der Waals surface area (Å²) < 4.78 is 0. The molecule has 0 aliphatic heterocycles. The number of hydrogen-bond acceptors (Lipinski definition) is 3. The molecule has 3 rings (SSSR count). The van der Waals surface area contributed by atoms with Crippen LogP contribution in [0.5, 0.6) is 0 Å². The van der Waals surface area contributed by atoms with Gasteiger partial charge in [-0.2, -0.15) is 0 Å². The lowest BCUT2D eigenvalue weighted by Crippen LogP contribution is -2.38. The van der Waals surface area contributed by atoms with E-state index in [0.717, 1.165) is 25.7 Å². The summed E-state index contributed by atoms with van der Waals surface area (Å²) >= 11 is 5.99. The highest BCUT2D eigenvalue weighted by atomic mass is 35.5. The van der Waals surface area contributed by atoms with Crippen molar-refractivity contribution in [1.82, 2.24) is 5.32 Å². The molecule has 0 atom stereocenters. The Morgan fingerprint density at radius 3 is 2.40 bits per heavy atom. The van der Waals surface area contributed by atoms with Gasteiger partial charge in [0.15, 0.2) is 0 Å². The largest absolute Gasteiger partial charge is 0.349 e. The van der Waals surface area contributed by atoms with Gasteiger partial charge in [-0.15, -0.1) is 0 Å². The number of non-ortho nitro benzene ring substituents is 1. The van der Waals surface area contributed by atoms with E-state index >= 15 is 0 Å². The van der Waals surface area contributed by atoms with Crippen LogP contribution in [0.1, 0.15) is 36.0 Å². The van der Waals surface area contributed by atoms with Crippen LogP contribution >= 0.6 is 11.6 Å². The molecule has 0 heterocycles. The highest BCUT2D eigenvalue weighted by Gasteiger charge is 2.42. The number of nitrogens with zero attached hydrogens (tertiary/aromatic N) is 1. The molecule has 0 spiro atoms. The lowest BCUT2D eigenvalue weighted by molar-refractivity contribution is -0.384. The fourth-order valence-corrected chi connectivity index (χ4v) is 2.76. The highest BCUT2D eigenvalue weighted by Crippen LogP contribution is 2.44. The smallest absolute Gasteiger partial charge is 0.270 e. The molecule has 2 fully saturated rings. The Morgan fingerprint density at radius 2 is 1.90 bits per heavy atom. The van der Waals surface area contributed by atoms with Crippen LogP contribution in [0.2, 0.25) is 5.02 Å². The summed E-state index contributed by atoms with van der Waals surface area (Å²) in [6.45, 7) is 0. The zero-order chi connectivity index (χ0) is 14.3. The van der Waals surface area contributed by atoms with Gasteiger partial charge in [0.05, 0.1) is 15.5 Å². The van der Waals surface area contributed by atoms with Crippen molar-refractivity contribution in [3.8, 4) is 0 Å². The number of nitrogens with one attached hydrogen (secondary N) is 1. The second-order valence-electron chi connectivity index (χ2n) is 5.60. The van der Waals surface area contributed by atoms with Gasteiger partial charge >= 0.3 is 0 Å². The third-order valence-electron chi connectivity index (χ3n) is 3.96. The maximum absolute atomic E-state index is 12.3. The molecule has 2 aliphatic carbocycles. The van der Waals surface area contributed by atoms with E-state index < -0.39 is 4.92 Å². The lowest BCUT2D eigenvalue weighted by Gasteiger charge is -2.18. The maximum Gasteiger partial charge on any atom is 0.270 e. The van der Waals surface area contributed by atoms with Crippen LogP contribution < -0.4 is 5.32 Å². The number of amides is 1. The molecule has 1 aromatic rings. The zero-order valence-corrected chi connectivity index (χ0v) is 11.6. The van der Waals surface area contributed by atoms with Crippen molar-refractivity contribution in [2.75, 3.05) is 0 Å². The van der Waals surface area contributed by atoms with E-state index in [0.29, 0.717) is 11.8 Å². The summed E-state index contributed by atoms with van der Waals surface area (Å²) in [5, 5.41) is 14.0. The first-order valence-corrected chi connectivity index (χ1v) is 7.19. The number of carbonyl (C=O) groups is 1. The molecule has 0 radical (unpaired) electrons. The highest BCUT2D eigenvalue weighted by molar-refractivity contribution is 6.33. The summed E-state index contributed by atoms with van der Waals surface area (Å²) in [5.74, 6) is 0.843. The van der Waals surface area contributed by atoms with Gasteiger partial charge in [-0.1, -0.05) is 11.6 Å². The van der Waals surface area contributed by atoms with E-state index in [9.17, 15) is 14.9 Å². The van der Waals surface area contributed by atoms with Gasteiger partial charge in [-0.25, -0.2) is 0 Å². The molecule has 20 heavy (non-hydrogen) atoms. The van der Waals surface area contributed by atoms with Crippen LogP contribution in [0.25, 0.3) is 0 Å². The molecule has 0 bridgehead atoms. The summed E-state index contributed by atoms with van der Waals surface area (Å²) in [5.41, 5.74) is 0.0705. The van der Waals surface area contributed by atoms with Gasteiger partial charge < -0.3 is 5.32 Å². The molecule has 1 N–H and O–H groups in total. The zero-order valence-electron chi connectivity index (χ0n) is 10.8. The number of rotatable bonds is 5. The van der Waals surface area contributed by atoms with Crippen molar-refractivity contribution >= 4 is 23.2 Å². The van der Waals surface area contributed by atoms with Crippen LogP contribution in [0.3, 0.4) is 0 Å². The summed E-state index contributed by atoms with van der Waals surface area (Å²) in [6, 6.07) is 4.16. The number of nitro benzene ring substituents is 1. The van der Waals surface area contributed by atoms with E-state index in [4.69, 9.17) is 11.6 Å². The first-order valence-electron chi connectivity index (χ1n) is 6.81. The standard InChI is InChI=1S/C14H15ClN2O3/c15-12-6-5-10(17(19)20)7-11(12)14(18)16-13(8-1-2-8)9-3-4-9/h5-9,13H,1-4H2,(H,16,18). The molecule has 5 nitrogen and oxygen atoms in total. The van der Waals surface area contributed by atoms with Gasteiger partial charge in [0, 0.05) is 18.2 Å². The lowest BCUT2D eigenvalue weighted by atomic mass is 10.1. The molecule has 0 unspecified atom stereocenters. The molecule has 2 aliphatic rings. The van der Waals surface area contributed by atoms with E-state index in [1.165, 1.54) is 18.2 Å². The Hall–Kier alpha value is -1.62. The molecule has 1 aromatic carbocycles. The molecule has 6 heteroatoms. The maximum atomic E-state index is 12.3. The molecule has 1 amide bonds. The van der Waals surface area contributed by atoms with E-state index in [1.807, 2.05) is 0 Å². The predicted molar refractivity (Wildman–Crippen MR) is 74.8 cm³/mol. The minimum absolute atomic E-state index is 0.117. The molecular formula is C14H15ClN2O3. The van der Waals surface area contributed by atoms with Crippen LogP contribution in [0.4, 0.5) is 5.69 Å². The van der Waals surface area contributed by atoms with Crippen molar-refractivity contribution in [2.45, 2.75) is 31.7 Å². The average Bonchev–Trinajstić information content (AvgIpc) is 3.28. The fraction of sp³-hybridized carbons (Fsp3) is 0.500. The Balaban J connectivity index is 1.78. The van der Waals surface area contributed by atoms with Crippen molar-refractivity contribution in [3.63, 3.8) is 0 Å². The second-order valence-corrected chi connectivity index (χ2v) is 6.00. The Morgan fingerprint density at radius 1 is 1.30 bits per heavy atom. The van der Waals surface area contributed by atoms with Crippen LogP contribution in [0, 0.1) is 22.0 Å². The Kier molecular flexibility index (Phi) is 3.38. The minimum Gasteiger partial charge on any atom is -0.349 e. The first-order chi connectivity index (χ1) is 9.56. The Bertz CT molecular complexity index is 556. The SMILES string of the molecule is O=C(NC(C1CC1)C1CC1)c1cc([N+](=O)[O-])ccc1Cl. The van der Waals surface area contributed by atoms with Gasteiger partial charge in [0.1, 0.15) is 0 Å². The van der Waals surface area contributed by atoms with Crippen LogP contribution in [-0.4, -0.2) is 16.9 Å². The third kappa shape index (κ3) is 2.77. The van der Waals surface area contributed by atoms with Gasteiger partial charge in [0.25, 0.3) is 11.6 Å². The third-order valence-corrected chi connectivity index (χ3v) is 4.29. The topological polar surface area (TPSA) is 72.2 Å². The quantitative estimate of drug-likeness (QED) is 0.669. The van der Waals surface area contributed by atoms with Crippen molar-refractivity contribution in [2.24, 2.45) is 11.8 Å². The second kappa shape index (κ2) is 5.05. The summed E-state index contributed by atoms with van der Waals surface area (Å²) in [4.78, 5) is 22.6. The number of carbonyl (C=O) groups excluding carboxylic acids is 1. The first kappa shape index (κ1) is 13.4. The van der Waals surface area contributed by atoms with E-state index in [-0.39, 0.29) is 28.2 Å². The summed E-state index contributed by atoms with van der Waals surface area (Å²) in [6.07, 6.45) is 4.63. The molecule has 0 saturated heterocycles. The van der Waals surface area contributed by atoms with E-state index in [1.54, 1.807) is 0 Å². The average molecular weight is 295 g/mol. The number of nitro groups is 1. The minimum atomic E-state index is -0.521. The van der Waals surface area contributed by atoms with Gasteiger partial charge in [0.2, 0.25) is 0 Å². The van der Waals surface area contributed by atoms with E-state index in [2.05, 4.69) is 5.32 Å².